The Hall–Kier alpha value is -0.570. The Balaban J connectivity index is 2.51. The third kappa shape index (κ3) is 4.60. The van der Waals surface area contributed by atoms with Crippen molar-refractivity contribution in [3.63, 3.8) is 0 Å². The maximum absolute atomic E-state index is 12.3. The van der Waals surface area contributed by atoms with Crippen LogP contribution in [0.4, 0.5) is 0 Å². The van der Waals surface area contributed by atoms with Crippen LogP contribution in [-0.4, -0.2) is 18.5 Å². The molecule has 1 aliphatic carbocycles. The van der Waals surface area contributed by atoms with Gasteiger partial charge >= 0.3 is 0 Å². The zero-order valence-electron chi connectivity index (χ0n) is 12.5. The molecule has 1 rings (SSSR count). The molecule has 0 spiro atoms. The minimum atomic E-state index is 0.0803. The SMILES string of the molecule is CC1CCC(C(=O)NC(CCN)C(C)(C)C)CC1. The number of hydrogen-bond donors (Lipinski definition) is 2. The molecule has 0 saturated heterocycles. The average Bonchev–Trinajstić information content (AvgIpc) is 2.28. The van der Waals surface area contributed by atoms with Crippen LogP contribution >= 0.6 is 0 Å². The van der Waals surface area contributed by atoms with Crippen LogP contribution in [0.3, 0.4) is 0 Å². The van der Waals surface area contributed by atoms with Crippen molar-refractivity contribution in [3.8, 4) is 0 Å². The minimum Gasteiger partial charge on any atom is -0.353 e. The molecule has 18 heavy (non-hydrogen) atoms. The predicted molar refractivity (Wildman–Crippen MR) is 76.2 cm³/mol. The summed E-state index contributed by atoms with van der Waals surface area (Å²) in [6, 6.07) is 0.189. The quantitative estimate of drug-likeness (QED) is 0.810. The summed E-state index contributed by atoms with van der Waals surface area (Å²) in [7, 11) is 0. The maximum Gasteiger partial charge on any atom is 0.223 e. The van der Waals surface area contributed by atoms with Crippen LogP contribution in [0, 0.1) is 17.3 Å². The van der Waals surface area contributed by atoms with Crippen LogP contribution in [0.2, 0.25) is 0 Å². The van der Waals surface area contributed by atoms with Crippen LogP contribution in [0.1, 0.15) is 59.8 Å². The molecule has 1 aliphatic rings. The Kier molecular flexibility index (Phi) is 5.64. The van der Waals surface area contributed by atoms with E-state index in [1.165, 1.54) is 12.8 Å². The minimum absolute atomic E-state index is 0.0803. The molecule has 0 aromatic rings. The van der Waals surface area contributed by atoms with Gasteiger partial charge in [0, 0.05) is 12.0 Å². The summed E-state index contributed by atoms with van der Waals surface area (Å²) in [6.45, 7) is 9.40. The fourth-order valence-corrected chi connectivity index (χ4v) is 2.70. The first-order valence-corrected chi connectivity index (χ1v) is 7.35. The van der Waals surface area contributed by atoms with Gasteiger partial charge in [-0.05, 0) is 50.0 Å². The van der Waals surface area contributed by atoms with Crippen molar-refractivity contribution >= 4 is 5.91 Å². The van der Waals surface area contributed by atoms with E-state index in [0.29, 0.717) is 6.54 Å². The van der Waals surface area contributed by atoms with Crippen molar-refractivity contribution < 1.29 is 4.79 Å². The lowest BCUT2D eigenvalue weighted by Gasteiger charge is -2.34. The second-order valence-electron chi connectivity index (χ2n) is 6.96. The fourth-order valence-electron chi connectivity index (χ4n) is 2.70. The molecule has 1 unspecified atom stereocenters. The Morgan fingerprint density at radius 1 is 1.28 bits per heavy atom. The number of nitrogens with one attached hydrogen (secondary N) is 1. The Bertz CT molecular complexity index is 262. The number of hydrogen-bond acceptors (Lipinski definition) is 2. The van der Waals surface area contributed by atoms with Gasteiger partial charge in [-0.25, -0.2) is 0 Å². The van der Waals surface area contributed by atoms with E-state index in [0.717, 1.165) is 25.2 Å². The topological polar surface area (TPSA) is 55.1 Å². The van der Waals surface area contributed by atoms with Crippen LogP contribution in [0.25, 0.3) is 0 Å². The van der Waals surface area contributed by atoms with Crippen molar-refractivity contribution in [2.24, 2.45) is 23.0 Å². The largest absolute Gasteiger partial charge is 0.353 e. The molecule has 0 bridgehead atoms. The van der Waals surface area contributed by atoms with E-state index in [4.69, 9.17) is 5.73 Å². The molecular weight excluding hydrogens is 224 g/mol. The van der Waals surface area contributed by atoms with Gasteiger partial charge in [-0.3, -0.25) is 4.79 Å². The Morgan fingerprint density at radius 3 is 2.28 bits per heavy atom. The van der Waals surface area contributed by atoms with Crippen LogP contribution < -0.4 is 11.1 Å². The number of rotatable bonds is 4. The molecule has 0 aromatic carbocycles. The number of carbonyl (C=O) groups excluding carboxylic acids is 1. The van der Waals surface area contributed by atoms with E-state index < -0.39 is 0 Å². The molecule has 106 valence electrons. The van der Waals surface area contributed by atoms with E-state index in [1.807, 2.05) is 0 Å². The van der Waals surface area contributed by atoms with E-state index >= 15 is 0 Å². The summed E-state index contributed by atoms with van der Waals surface area (Å²) in [5.41, 5.74) is 5.73. The van der Waals surface area contributed by atoms with Crippen molar-refractivity contribution in [2.45, 2.75) is 65.8 Å². The van der Waals surface area contributed by atoms with Gasteiger partial charge in [-0.2, -0.15) is 0 Å². The van der Waals surface area contributed by atoms with E-state index in [2.05, 4.69) is 33.0 Å². The highest BCUT2D eigenvalue weighted by molar-refractivity contribution is 5.79. The lowest BCUT2D eigenvalue weighted by Crippen LogP contribution is -2.47. The van der Waals surface area contributed by atoms with Crippen molar-refractivity contribution in [2.75, 3.05) is 6.54 Å². The second kappa shape index (κ2) is 6.55. The van der Waals surface area contributed by atoms with Gasteiger partial charge in [0.25, 0.3) is 0 Å². The Morgan fingerprint density at radius 2 is 1.83 bits per heavy atom. The average molecular weight is 254 g/mol. The first-order chi connectivity index (χ1) is 8.34. The van der Waals surface area contributed by atoms with Gasteiger partial charge in [0.05, 0.1) is 0 Å². The van der Waals surface area contributed by atoms with E-state index in [-0.39, 0.29) is 23.3 Å². The molecule has 1 fully saturated rings. The van der Waals surface area contributed by atoms with E-state index in [1.54, 1.807) is 0 Å². The second-order valence-corrected chi connectivity index (χ2v) is 6.96. The van der Waals surface area contributed by atoms with Gasteiger partial charge in [-0.15, -0.1) is 0 Å². The van der Waals surface area contributed by atoms with Crippen molar-refractivity contribution in [3.05, 3.63) is 0 Å². The monoisotopic (exact) mass is 254 g/mol. The van der Waals surface area contributed by atoms with Crippen LogP contribution in [0.5, 0.6) is 0 Å². The first kappa shape index (κ1) is 15.5. The lowest BCUT2D eigenvalue weighted by atomic mass is 9.81. The molecule has 1 saturated carbocycles. The summed E-state index contributed by atoms with van der Waals surface area (Å²) in [6.07, 6.45) is 5.33. The van der Waals surface area contributed by atoms with Crippen molar-refractivity contribution in [1.82, 2.24) is 5.32 Å². The third-order valence-corrected chi connectivity index (χ3v) is 4.20. The first-order valence-electron chi connectivity index (χ1n) is 7.35. The highest BCUT2D eigenvalue weighted by Crippen LogP contribution is 2.29. The molecule has 1 atom stereocenters. The molecule has 0 aromatic heterocycles. The van der Waals surface area contributed by atoms with Crippen LogP contribution in [-0.2, 0) is 4.79 Å². The molecule has 3 N–H and O–H groups in total. The number of carbonyl (C=O) groups is 1. The summed E-state index contributed by atoms with van der Waals surface area (Å²) < 4.78 is 0. The molecule has 0 radical (unpaired) electrons. The van der Waals surface area contributed by atoms with Crippen LogP contribution in [0.15, 0.2) is 0 Å². The van der Waals surface area contributed by atoms with Crippen molar-refractivity contribution in [1.29, 1.82) is 0 Å². The molecule has 3 heteroatoms. The molecule has 0 aliphatic heterocycles. The zero-order valence-corrected chi connectivity index (χ0v) is 12.5. The van der Waals surface area contributed by atoms with Gasteiger partial charge in [-0.1, -0.05) is 27.7 Å². The standard InChI is InChI=1S/C15H30N2O/c1-11-5-7-12(8-6-11)14(18)17-13(9-10-16)15(2,3)4/h11-13H,5-10,16H2,1-4H3,(H,17,18). The predicted octanol–water partition coefficient (Wildman–Crippen LogP) is 2.69. The van der Waals surface area contributed by atoms with Gasteiger partial charge in [0.1, 0.15) is 0 Å². The van der Waals surface area contributed by atoms with E-state index in [9.17, 15) is 4.79 Å². The van der Waals surface area contributed by atoms with Gasteiger partial charge in [0.15, 0.2) is 0 Å². The smallest absolute Gasteiger partial charge is 0.223 e. The molecule has 1 amide bonds. The summed E-state index contributed by atoms with van der Waals surface area (Å²) in [5, 5.41) is 3.22. The third-order valence-electron chi connectivity index (χ3n) is 4.20. The molecular formula is C15H30N2O. The summed E-state index contributed by atoms with van der Waals surface area (Å²) in [4.78, 5) is 12.3. The normalized spacial score (nSPS) is 26.7. The number of amides is 1. The Labute approximate surface area is 112 Å². The van der Waals surface area contributed by atoms with Gasteiger partial charge in [0.2, 0.25) is 5.91 Å². The molecule has 3 nitrogen and oxygen atoms in total. The van der Waals surface area contributed by atoms with Gasteiger partial charge < -0.3 is 11.1 Å². The molecule has 0 heterocycles. The highest BCUT2D eigenvalue weighted by atomic mass is 16.1. The summed E-state index contributed by atoms with van der Waals surface area (Å²) >= 11 is 0. The highest BCUT2D eigenvalue weighted by Gasteiger charge is 2.30. The number of nitrogens with two attached hydrogens (primary N) is 1. The zero-order chi connectivity index (χ0) is 13.8. The maximum atomic E-state index is 12.3. The summed E-state index contributed by atoms with van der Waals surface area (Å²) in [5.74, 6) is 1.26. The lowest BCUT2D eigenvalue weighted by molar-refractivity contribution is -0.127. The fraction of sp³-hybridized carbons (Fsp3) is 0.933.